The lowest BCUT2D eigenvalue weighted by molar-refractivity contribution is 0.317. The van der Waals surface area contributed by atoms with Gasteiger partial charge in [0.05, 0.1) is 19.1 Å². The highest BCUT2D eigenvalue weighted by Crippen LogP contribution is 2.17. The molecule has 23 heavy (non-hydrogen) atoms. The maximum absolute atomic E-state index is 5.62. The molecule has 0 aliphatic carbocycles. The van der Waals surface area contributed by atoms with Gasteiger partial charge < -0.3 is 9.15 Å². The second-order valence-corrected chi connectivity index (χ2v) is 5.19. The van der Waals surface area contributed by atoms with Crippen LogP contribution in [0.15, 0.2) is 52.2 Å². The standard InChI is InChI=1S/C16H16N4O2S/c1-2-8-21-13-6-3-5-12(10-13)11-17-20-15(18-19-16(20)23)14-7-4-9-22-14/h3-7,9-11H,2,8H2,1H3,(H,19,23)/b17-11-. The van der Waals surface area contributed by atoms with Gasteiger partial charge in [-0.25, -0.2) is 5.10 Å². The molecule has 0 unspecified atom stereocenters. The van der Waals surface area contributed by atoms with Crippen LogP contribution < -0.4 is 4.74 Å². The molecule has 0 amide bonds. The van der Waals surface area contributed by atoms with E-state index in [9.17, 15) is 0 Å². The lowest BCUT2D eigenvalue weighted by Gasteiger charge is -2.04. The number of nitrogens with one attached hydrogen (secondary N) is 1. The summed E-state index contributed by atoms with van der Waals surface area (Å²) < 4.78 is 12.9. The first-order valence-corrected chi connectivity index (χ1v) is 7.67. The zero-order valence-electron chi connectivity index (χ0n) is 12.6. The molecule has 2 heterocycles. The van der Waals surface area contributed by atoms with Gasteiger partial charge in [-0.15, -0.1) is 5.10 Å². The summed E-state index contributed by atoms with van der Waals surface area (Å²) in [7, 11) is 0. The molecule has 0 saturated heterocycles. The van der Waals surface area contributed by atoms with Gasteiger partial charge in [0.1, 0.15) is 5.75 Å². The van der Waals surface area contributed by atoms with E-state index in [4.69, 9.17) is 21.4 Å². The van der Waals surface area contributed by atoms with Crippen LogP contribution in [0.3, 0.4) is 0 Å². The zero-order valence-corrected chi connectivity index (χ0v) is 13.4. The van der Waals surface area contributed by atoms with Gasteiger partial charge in [0, 0.05) is 0 Å². The van der Waals surface area contributed by atoms with Crippen molar-refractivity contribution >= 4 is 18.4 Å². The SMILES string of the molecule is CCCOc1cccc(/C=N\n2c(-c3ccco3)n[nH]c2=S)c1. The topological polar surface area (TPSA) is 68.3 Å². The molecular weight excluding hydrogens is 312 g/mol. The van der Waals surface area contributed by atoms with E-state index in [0.29, 0.717) is 23.0 Å². The van der Waals surface area contributed by atoms with E-state index < -0.39 is 0 Å². The average Bonchev–Trinajstić information content (AvgIpc) is 3.21. The van der Waals surface area contributed by atoms with Gasteiger partial charge in [0.2, 0.25) is 10.6 Å². The summed E-state index contributed by atoms with van der Waals surface area (Å²) in [5, 5.41) is 11.3. The highest BCUT2D eigenvalue weighted by atomic mass is 32.1. The smallest absolute Gasteiger partial charge is 0.219 e. The molecule has 2 aromatic heterocycles. The van der Waals surface area contributed by atoms with Gasteiger partial charge in [-0.05, 0) is 48.5 Å². The first-order valence-electron chi connectivity index (χ1n) is 7.26. The Kier molecular flexibility index (Phi) is 4.68. The molecule has 0 fully saturated rings. The molecule has 3 aromatic rings. The Hall–Kier alpha value is -2.67. The van der Waals surface area contributed by atoms with E-state index in [-0.39, 0.29) is 0 Å². The fourth-order valence-electron chi connectivity index (χ4n) is 1.99. The number of benzene rings is 1. The van der Waals surface area contributed by atoms with Crippen LogP contribution in [0.2, 0.25) is 0 Å². The summed E-state index contributed by atoms with van der Waals surface area (Å²) in [4.78, 5) is 0. The molecule has 7 heteroatoms. The molecule has 0 aliphatic heterocycles. The van der Waals surface area contributed by atoms with Crippen molar-refractivity contribution in [1.29, 1.82) is 0 Å². The number of nitrogens with zero attached hydrogens (tertiary/aromatic N) is 3. The van der Waals surface area contributed by atoms with Crippen LogP contribution in [0, 0.1) is 4.77 Å². The number of rotatable bonds is 6. The molecule has 1 N–H and O–H groups in total. The van der Waals surface area contributed by atoms with Crippen molar-refractivity contribution in [2.45, 2.75) is 13.3 Å². The van der Waals surface area contributed by atoms with Crippen LogP contribution in [0.4, 0.5) is 0 Å². The van der Waals surface area contributed by atoms with Crippen molar-refractivity contribution < 1.29 is 9.15 Å². The minimum atomic E-state index is 0.394. The monoisotopic (exact) mass is 328 g/mol. The number of ether oxygens (including phenoxy) is 1. The van der Waals surface area contributed by atoms with Gasteiger partial charge in [0.15, 0.2) is 5.76 Å². The molecule has 0 bridgehead atoms. The molecule has 0 spiro atoms. The largest absolute Gasteiger partial charge is 0.494 e. The molecule has 0 saturated carbocycles. The van der Waals surface area contributed by atoms with Gasteiger partial charge in [0.25, 0.3) is 0 Å². The van der Waals surface area contributed by atoms with Crippen LogP contribution >= 0.6 is 12.2 Å². The third kappa shape index (κ3) is 3.57. The van der Waals surface area contributed by atoms with Crippen LogP contribution in [-0.4, -0.2) is 27.7 Å². The summed E-state index contributed by atoms with van der Waals surface area (Å²) in [6.07, 6.45) is 4.25. The molecule has 118 valence electrons. The van der Waals surface area contributed by atoms with Crippen LogP contribution in [0.1, 0.15) is 18.9 Å². The number of H-pyrrole nitrogens is 1. The third-order valence-electron chi connectivity index (χ3n) is 3.05. The van der Waals surface area contributed by atoms with Crippen molar-refractivity contribution in [2.24, 2.45) is 5.10 Å². The number of furan rings is 1. The number of hydrogen-bond donors (Lipinski definition) is 1. The first kappa shape index (κ1) is 15.2. The maximum atomic E-state index is 5.62. The Balaban J connectivity index is 1.86. The van der Waals surface area contributed by atoms with Gasteiger partial charge in [-0.2, -0.15) is 9.78 Å². The minimum Gasteiger partial charge on any atom is -0.494 e. The molecule has 0 aliphatic rings. The first-order chi connectivity index (χ1) is 11.3. The lowest BCUT2D eigenvalue weighted by Crippen LogP contribution is -1.97. The predicted octanol–water partition coefficient (Wildman–Crippen LogP) is 3.87. The summed E-state index contributed by atoms with van der Waals surface area (Å²) in [6, 6.07) is 11.3. The number of hydrogen-bond acceptors (Lipinski definition) is 5. The van der Waals surface area contributed by atoms with E-state index in [0.717, 1.165) is 17.7 Å². The average molecular weight is 328 g/mol. The summed E-state index contributed by atoms with van der Waals surface area (Å²) in [5.41, 5.74) is 0.909. The Labute approximate surface area is 138 Å². The summed E-state index contributed by atoms with van der Waals surface area (Å²) in [5.74, 6) is 1.93. The van der Waals surface area contributed by atoms with Crippen molar-refractivity contribution in [3.8, 4) is 17.3 Å². The Morgan fingerprint density at radius 2 is 2.30 bits per heavy atom. The molecule has 0 atom stereocenters. The zero-order chi connectivity index (χ0) is 16.1. The van der Waals surface area contributed by atoms with E-state index in [1.807, 2.05) is 24.3 Å². The summed E-state index contributed by atoms with van der Waals surface area (Å²) >= 11 is 5.21. The van der Waals surface area contributed by atoms with Crippen molar-refractivity contribution in [3.63, 3.8) is 0 Å². The van der Waals surface area contributed by atoms with Gasteiger partial charge in [-0.1, -0.05) is 19.1 Å². The van der Waals surface area contributed by atoms with Crippen LogP contribution in [0.5, 0.6) is 5.75 Å². The molecule has 0 radical (unpaired) electrons. The van der Waals surface area contributed by atoms with E-state index in [2.05, 4.69) is 22.2 Å². The summed E-state index contributed by atoms with van der Waals surface area (Å²) in [6.45, 7) is 2.76. The second kappa shape index (κ2) is 7.06. The second-order valence-electron chi connectivity index (χ2n) is 4.81. The highest BCUT2D eigenvalue weighted by Gasteiger charge is 2.10. The number of aromatic nitrogens is 3. The lowest BCUT2D eigenvalue weighted by atomic mass is 10.2. The van der Waals surface area contributed by atoms with Crippen molar-refractivity contribution in [2.75, 3.05) is 6.61 Å². The van der Waals surface area contributed by atoms with Crippen LogP contribution in [0.25, 0.3) is 11.6 Å². The highest BCUT2D eigenvalue weighted by molar-refractivity contribution is 7.71. The maximum Gasteiger partial charge on any atom is 0.219 e. The number of aromatic amines is 1. The van der Waals surface area contributed by atoms with Crippen molar-refractivity contribution in [3.05, 3.63) is 53.0 Å². The quantitative estimate of drug-likeness (QED) is 0.551. The third-order valence-corrected chi connectivity index (χ3v) is 3.31. The fourth-order valence-corrected chi connectivity index (χ4v) is 2.17. The molecule has 3 rings (SSSR count). The molecule has 6 nitrogen and oxygen atoms in total. The van der Waals surface area contributed by atoms with E-state index in [1.54, 1.807) is 24.6 Å². The Morgan fingerprint density at radius 3 is 3.09 bits per heavy atom. The molecule has 1 aromatic carbocycles. The van der Waals surface area contributed by atoms with Crippen LogP contribution in [-0.2, 0) is 0 Å². The van der Waals surface area contributed by atoms with E-state index in [1.165, 1.54) is 4.68 Å². The Bertz CT molecular complexity index is 849. The molecular formula is C16H16N4O2S. The van der Waals surface area contributed by atoms with Crippen molar-refractivity contribution in [1.82, 2.24) is 14.9 Å². The van der Waals surface area contributed by atoms with Gasteiger partial charge >= 0.3 is 0 Å². The van der Waals surface area contributed by atoms with E-state index >= 15 is 0 Å². The Morgan fingerprint density at radius 1 is 1.39 bits per heavy atom. The predicted molar refractivity (Wildman–Crippen MR) is 90.3 cm³/mol. The van der Waals surface area contributed by atoms with Gasteiger partial charge in [-0.3, -0.25) is 0 Å². The fraction of sp³-hybridized carbons (Fsp3) is 0.188. The minimum absolute atomic E-state index is 0.394. The normalized spacial score (nSPS) is 11.2.